The zero-order valence-electron chi connectivity index (χ0n) is 13.1. The van der Waals surface area contributed by atoms with Gasteiger partial charge in [-0.1, -0.05) is 23.5 Å². The molecule has 0 aliphatic carbocycles. The van der Waals surface area contributed by atoms with Crippen LogP contribution >= 0.6 is 11.3 Å². The molecule has 0 bridgehead atoms. The van der Waals surface area contributed by atoms with Gasteiger partial charge in [-0.25, -0.2) is 4.39 Å². The van der Waals surface area contributed by atoms with Crippen molar-refractivity contribution in [2.45, 2.75) is 25.8 Å². The van der Waals surface area contributed by atoms with Crippen LogP contribution < -0.4 is 4.90 Å². The van der Waals surface area contributed by atoms with Crippen LogP contribution in [-0.4, -0.2) is 41.3 Å². The van der Waals surface area contributed by atoms with Crippen LogP contribution in [0.1, 0.15) is 24.8 Å². The van der Waals surface area contributed by atoms with Crippen LogP contribution in [0.2, 0.25) is 0 Å². The van der Waals surface area contributed by atoms with Gasteiger partial charge in [0, 0.05) is 31.6 Å². The minimum atomic E-state index is -0.161. The summed E-state index contributed by atoms with van der Waals surface area (Å²) in [6.45, 7) is 5.35. The van der Waals surface area contributed by atoms with Crippen LogP contribution in [0.3, 0.4) is 0 Å². The third kappa shape index (κ3) is 3.23. The van der Waals surface area contributed by atoms with Crippen LogP contribution in [0.5, 0.6) is 0 Å². The maximum atomic E-state index is 13.0. The topological polar surface area (TPSA) is 32.3 Å². The summed E-state index contributed by atoms with van der Waals surface area (Å²) in [5.74, 6) is -0.161. The van der Waals surface area contributed by atoms with E-state index in [1.54, 1.807) is 23.5 Å². The number of piperidine rings is 1. The van der Waals surface area contributed by atoms with Crippen molar-refractivity contribution >= 4 is 16.5 Å². The Kier molecular flexibility index (Phi) is 4.03. The molecule has 4 rings (SSSR count). The Bertz CT molecular complexity index is 645. The molecule has 1 aromatic heterocycles. The number of rotatable bonds is 3. The largest absolute Gasteiger partial charge is 0.346 e. The summed E-state index contributed by atoms with van der Waals surface area (Å²) < 4.78 is 13.0. The monoisotopic (exact) mass is 332 g/mol. The summed E-state index contributed by atoms with van der Waals surface area (Å²) in [4.78, 5) is 4.92. The standard InChI is InChI=1S/C17H21FN4S/c18-15-4-2-14(3-5-15)10-21-9-7-17(11-21)6-1-8-22(12-17)16-20-19-13-23-16/h2-5,13H,1,6-12H2/t17-/m0/s1. The molecule has 0 radical (unpaired) electrons. The zero-order valence-corrected chi connectivity index (χ0v) is 13.9. The van der Waals surface area contributed by atoms with Crippen LogP contribution in [0, 0.1) is 11.2 Å². The second-order valence-electron chi connectivity index (χ2n) is 6.83. The Morgan fingerprint density at radius 1 is 1.13 bits per heavy atom. The lowest BCUT2D eigenvalue weighted by Gasteiger charge is -2.40. The third-order valence-corrected chi connectivity index (χ3v) is 5.87. The molecule has 6 heteroatoms. The van der Waals surface area contributed by atoms with E-state index in [1.165, 1.54) is 24.8 Å². The van der Waals surface area contributed by atoms with E-state index in [2.05, 4.69) is 20.0 Å². The molecule has 4 nitrogen and oxygen atoms in total. The number of benzene rings is 1. The predicted molar refractivity (Wildman–Crippen MR) is 90.1 cm³/mol. The predicted octanol–water partition coefficient (Wildman–Crippen LogP) is 3.17. The van der Waals surface area contributed by atoms with Crippen molar-refractivity contribution in [3.63, 3.8) is 0 Å². The highest BCUT2D eigenvalue weighted by atomic mass is 32.1. The molecule has 0 saturated carbocycles. The van der Waals surface area contributed by atoms with Gasteiger partial charge in [0.1, 0.15) is 11.3 Å². The number of halogens is 1. The molecule has 3 heterocycles. The maximum absolute atomic E-state index is 13.0. The van der Waals surface area contributed by atoms with Crippen molar-refractivity contribution in [1.29, 1.82) is 0 Å². The van der Waals surface area contributed by atoms with Crippen LogP contribution in [0.15, 0.2) is 29.8 Å². The lowest BCUT2D eigenvalue weighted by atomic mass is 9.79. The van der Waals surface area contributed by atoms with Gasteiger partial charge < -0.3 is 4.90 Å². The number of nitrogens with zero attached hydrogens (tertiary/aromatic N) is 4. The highest BCUT2D eigenvalue weighted by Crippen LogP contribution is 2.40. The Morgan fingerprint density at radius 2 is 2.00 bits per heavy atom. The molecule has 0 amide bonds. The minimum Gasteiger partial charge on any atom is -0.346 e. The van der Waals surface area contributed by atoms with E-state index in [-0.39, 0.29) is 5.82 Å². The lowest BCUT2D eigenvalue weighted by Crippen LogP contribution is -2.44. The van der Waals surface area contributed by atoms with Gasteiger partial charge in [-0.15, -0.1) is 10.2 Å². The summed E-state index contributed by atoms with van der Waals surface area (Å²) in [7, 11) is 0. The van der Waals surface area contributed by atoms with Gasteiger partial charge in [0.05, 0.1) is 0 Å². The highest BCUT2D eigenvalue weighted by molar-refractivity contribution is 7.13. The third-order valence-electron chi connectivity index (χ3n) is 5.12. The van der Waals surface area contributed by atoms with Crippen LogP contribution in [0.25, 0.3) is 0 Å². The fraction of sp³-hybridized carbons (Fsp3) is 0.529. The van der Waals surface area contributed by atoms with Crippen LogP contribution in [-0.2, 0) is 6.54 Å². The number of likely N-dealkylation sites (tertiary alicyclic amines) is 1. The first-order valence-corrected chi connectivity index (χ1v) is 9.08. The second-order valence-corrected chi connectivity index (χ2v) is 7.65. The van der Waals surface area contributed by atoms with Gasteiger partial charge >= 0.3 is 0 Å². The molecule has 0 N–H and O–H groups in total. The van der Waals surface area contributed by atoms with E-state index in [4.69, 9.17) is 0 Å². The van der Waals surface area contributed by atoms with Gasteiger partial charge in [0.25, 0.3) is 0 Å². The molecule has 122 valence electrons. The fourth-order valence-corrected chi connectivity index (χ4v) is 4.61. The van der Waals surface area contributed by atoms with Crippen molar-refractivity contribution in [2.24, 2.45) is 5.41 Å². The van der Waals surface area contributed by atoms with E-state index in [0.29, 0.717) is 5.41 Å². The Morgan fingerprint density at radius 3 is 2.78 bits per heavy atom. The Hall–Kier alpha value is -1.53. The Labute approximate surface area is 139 Å². The van der Waals surface area contributed by atoms with E-state index < -0.39 is 0 Å². The molecule has 1 aromatic carbocycles. The van der Waals surface area contributed by atoms with Crippen molar-refractivity contribution < 1.29 is 4.39 Å². The molecular weight excluding hydrogens is 311 g/mol. The molecule has 1 spiro atoms. The molecule has 2 aliphatic rings. The van der Waals surface area contributed by atoms with Crippen molar-refractivity contribution in [3.05, 3.63) is 41.2 Å². The second kappa shape index (κ2) is 6.17. The van der Waals surface area contributed by atoms with Gasteiger partial charge in [-0.3, -0.25) is 4.90 Å². The van der Waals surface area contributed by atoms with Crippen molar-refractivity contribution in [3.8, 4) is 0 Å². The average Bonchev–Trinajstić information content (AvgIpc) is 3.21. The molecule has 2 fully saturated rings. The molecular formula is C17H21FN4S. The lowest BCUT2D eigenvalue weighted by molar-refractivity contribution is 0.216. The average molecular weight is 332 g/mol. The first kappa shape index (κ1) is 15.0. The maximum Gasteiger partial charge on any atom is 0.208 e. The molecule has 1 atom stereocenters. The van der Waals surface area contributed by atoms with Gasteiger partial charge in [0.2, 0.25) is 5.13 Å². The fourth-order valence-electron chi connectivity index (χ4n) is 4.02. The van der Waals surface area contributed by atoms with E-state index >= 15 is 0 Å². The SMILES string of the molecule is Fc1ccc(CN2CC[C@@]3(CCCN(c4nncs4)C3)C2)cc1. The zero-order chi connectivity index (χ0) is 15.7. The first-order valence-electron chi connectivity index (χ1n) is 8.20. The van der Waals surface area contributed by atoms with E-state index in [1.807, 2.05) is 17.6 Å². The number of hydrogen-bond donors (Lipinski definition) is 0. The molecule has 23 heavy (non-hydrogen) atoms. The Balaban J connectivity index is 1.41. The number of aromatic nitrogens is 2. The van der Waals surface area contributed by atoms with Crippen molar-refractivity contribution in [2.75, 3.05) is 31.1 Å². The quantitative estimate of drug-likeness (QED) is 0.864. The smallest absolute Gasteiger partial charge is 0.208 e. The summed E-state index contributed by atoms with van der Waals surface area (Å²) in [5, 5.41) is 9.27. The first-order chi connectivity index (χ1) is 11.2. The molecule has 2 aliphatic heterocycles. The van der Waals surface area contributed by atoms with Gasteiger partial charge in [0.15, 0.2) is 0 Å². The number of anilines is 1. The summed E-state index contributed by atoms with van der Waals surface area (Å²) in [5.41, 5.74) is 3.39. The van der Waals surface area contributed by atoms with Gasteiger partial charge in [-0.2, -0.15) is 0 Å². The summed E-state index contributed by atoms with van der Waals surface area (Å²) in [6, 6.07) is 6.90. The summed E-state index contributed by atoms with van der Waals surface area (Å²) in [6.07, 6.45) is 3.76. The van der Waals surface area contributed by atoms with Crippen molar-refractivity contribution in [1.82, 2.24) is 15.1 Å². The van der Waals surface area contributed by atoms with Crippen LogP contribution in [0.4, 0.5) is 9.52 Å². The summed E-state index contributed by atoms with van der Waals surface area (Å²) >= 11 is 1.63. The minimum absolute atomic E-state index is 0.161. The van der Waals surface area contributed by atoms with E-state index in [9.17, 15) is 4.39 Å². The normalized spacial score (nSPS) is 25.3. The van der Waals surface area contributed by atoms with Gasteiger partial charge in [-0.05, 0) is 43.5 Å². The molecule has 2 aromatic rings. The molecule has 2 saturated heterocycles. The molecule has 0 unspecified atom stereocenters. The number of hydrogen-bond acceptors (Lipinski definition) is 5. The highest BCUT2D eigenvalue weighted by Gasteiger charge is 2.41. The van der Waals surface area contributed by atoms with E-state index in [0.717, 1.165) is 37.9 Å².